The summed E-state index contributed by atoms with van der Waals surface area (Å²) in [6, 6.07) is 15.4. The van der Waals surface area contributed by atoms with Crippen LogP contribution in [-0.2, 0) is 25.7 Å². The van der Waals surface area contributed by atoms with E-state index in [4.69, 9.17) is 9.47 Å². The van der Waals surface area contributed by atoms with Gasteiger partial charge in [0.15, 0.2) is 11.6 Å². The van der Waals surface area contributed by atoms with Crippen LogP contribution in [0.2, 0.25) is 0 Å². The van der Waals surface area contributed by atoms with E-state index in [9.17, 15) is 26.4 Å². The van der Waals surface area contributed by atoms with Crippen molar-refractivity contribution < 1.29 is 40.6 Å². The average Bonchev–Trinajstić information content (AvgIpc) is 3.49. The molecule has 220 valence electrons. The first kappa shape index (κ1) is 28.9. The van der Waals surface area contributed by atoms with Crippen LogP contribution in [0.4, 0.5) is 18.9 Å². The molecule has 0 bridgehead atoms. The first-order valence-electron chi connectivity index (χ1n) is 12.6. The molecule has 1 aliphatic rings. The third-order valence-electron chi connectivity index (χ3n) is 6.64. The van der Waals surface area contributed by atoms with Crippen LogP contribution in [0.25, 0.3) is 22.8 Å². The normalized spacial score (nSPS) is 15.1. The molecule has 1 N–H and O–H groups in total. The van der Waals surface area contributed by atoms with Gasteiger partial charge in [0.05, 0.1) is 42.5 Å². The number of para-hydroxylation sites is 1. The number of carbonyl (C=O) groups excluding carboxylic acids is 1. The van der Waals surface area contributed by atoms with Crippen LogP contribution < -0.4 is 13.8 Å². The van der Waals surface area contributed by atoms with E-state index in [2.05, 4.69) is 19.9 Å². The van der Waals surface area contributed by atoms with Gasteiger partial charge < -0.3 is 14.2 Å². The van der Waals surface area contributed by atoms with Crippen molar-refractivity contribution in [1.29, 1.82) is 0 Å². The van der Waals surface area contributed by atoms with Crippen molar-refractivity contribution in [3.8, 4) is 34.3 Å². The zero-order valence-electron chi connectivity index (χ0n) is 22.4. The molecule has 0 spiro atoms. The summed E-state index contributed by atoms with van der Waals surface area (Å²) in [5, 5.41) is 7.12. The molecule has 0 radical (unpaired) electrons. The summed E-state index contributed by atoms with van der Waals surface area (Å²) in [4.78, 5) is 15.7. The number of hydrogen-bond acceptors (Lipinski definition) is 8. The number of esters is 1. The smallest absolute Gasteiger partial charge is 0.416 e. The average molecular weight is 603 g/mol. The van der Waals surface area contributed by atoms with Crippen molar-refractivity contribution in [3.63, 3.8) is 0 Å². The van der Waals surface area contributed by atoms with E-state index in [0.29, 0.717) is 28.8 Å². The second-order valence-electron chi connectivity index (χ2n) is 9.31. The number of alkyl halides is 3. The maximum atomic E-state index is 13.8. The number of rotatable bonds is 8. The highest BCUT2D eigenvalue weighted by atomic mass is 32.2. The monoisotopic (exact) mass is 602 g/mol. The zero-order chi connectivity index (χ0) is 30.1. The van der Waals surface area contributed by atoms with Gasteiger partial charge in [0.1, 0.15) is 17.6 Å². The fourth-order valence-corrected chi connectivity index (χ4v) is 6.07. The number of carbonyl (C=O) groups is 1. The van der Waals surface area contributed by atoms with Crippen molar-refractivity contribution >= 4 is 21.7 Å². The number of sulfonamides is 1. The number of halogens is 3. The van der Waals surface area contributed by atoms with E-state index in [1.807, 2.05) is 6.07 Å². The number of fused-ring (bicyclic) bond motifs is 1. The van der Waals surface area contributed by atoms with Crippen LogP contribution in [0.3, 0.4) is 0 Å². The Balaban J connectivity index is 1.55. The molecule has 0 aliphatic carbocycles. The van der Waals surface area contributed by atoms with E-state index in [-0.39, 0.29) is 36.6 Å². The zero-order valence-corrected chi connectivity index (χ0v) is 23.2. The minimum Gasteiger partial charge on any atom is -0.496 e. The quantitative estimate of drug-likeness (QED) is 0.277. The van der Waals surface area contributed by atoms with Gasteiger partial charge in [-0.05, 0) is 55.0 Å². The van der Waals surface area contributed by atoms with Crippen LogP contribution >= 0.6 is 0 Å². The van der Waals surface area contributed by atoms with Gasteiger partial charge in [0, 0.05) is 12.0 Å². The number of nitrogens with zero attached hydrogens (tertiary/aromatic N) is 3. The molecular weight excluding hydrogens is 577 g/mol. The van der Waals surface area contributed by atoms with Gasteiger partial charge in [0.25, 0.3) is 10.0 Å². The van der Waals surface area contributed by atoms with Crippen LogP contribution in [-0.4, -0.2) is 56.4 Å². The number of aromatic amines is 1. The lowest BCUT2D eigenvalue weighted by atomic mass is 10.1. The fraction of sp³-hybridized carbons (Fsp3) is 0.250. The second kappa shape index (κ2) is 11.4. The van der Waals surface area contributed by atoms with E-state index in [0.717, 1.165) is 22.5 Å². The van der Waals surface area contributed by atoms with Gasteiger partial charge in [-0.1, -0.05) is 18.2 Å². The van der Waals surface area contributed by atoms with Gasteiger partial charge >= 0.3 is 12.1 Å². The number of nitrogens with one attached hydrogen (secondary N) is 1. The molecule has 0 amide bonds. The summed E-state index contributed by atoms with van der Waals surface area (Å²) in [7, 11) is -1.75. The molecule has 1 atom stereocenters. The molecule has 0 fully saturated rings. The Bertz CT molecular complexity index is 1720. The number of benzene rings is 3. The maximum Gasteiger partial charge on any atom is 0.416 e. The number of ether oxygens (including phenoxy) is 3. The van der Waals surface area contributed by atoms with E-state index in [1.165, 1.54) is 26.4 Å². The largest absolute Gasteiger partial charge is 0.496 e. The van der Waals surface area contributed by atoms with Crippen molar-refractivity contribution in [2.24, 2.45) is 0 Å². The summed E-state index contributed by atoms with van der Waals surface area (Å²) in [5.74, 6) is 0.865. The van der Waals surface area contributed by atoms with Crippen LogP contribution in [0.1, 0.15) is 18.4 Å². The highest BCUT2D eigenvalue weighted by Crippen LogP contribution is 2.41. The molecular formula is C28H25F3N4O6S. The van der Waals surface area contributed by atoms with Gasteiger partial charge in [-0.25, -0.2) is 13.4 Å². The van der Waals surface area contributed by atoms with Crippen LogP contribution in [0.5, 0.6) is 11.5 Å². The third kappa shape index (κ3) is 5.75. The predicted molar refractivity (Wildman–Crippen MR) is 145 cm³/mol. The summed E-state index contributed by atoms with van der Waals surface area (Å²) >= 11 is 0. The Morgan fingerprint density at radius 2 is 1.88 bits per heavy atom. The molecule has 3 aromatic carbocycles. The van der Waals surface area contributed by atoms with Crippen LogP contribution in [0.15, 0.2) is 71.6 Å². The van der Waals surface area contributed by atoms with E-state index in [1.54, 1.807) is 24.3 Å². The van der Waals surface area contributed by atoms with Gasteiger partial charge in [-0.2, -0.15) is 18.3 Å². The predicted octanol–water partition coefficient (Wildman–Crippen LogP) is 5.08. The number of aromatic nitrogens is 3. The first-order valence-corrected chi connectivity index (χ1v) is 14.1. The van der Waals surface area contributed by atoms with E-state index >= 15 is 0 Å². The standard InChI is InChI=1S/C28H25F3N4O6S/c1-39-23-9-4-3-8-21(23)27-32-26(33-34-27)17-10-12-24-22(14-17)35(16-19(41-24)11-13-25(36)40-2)42(37,38)20-7-5-6-18(15-20)28(29,30)31/h3-10,12,14-15,19H,11,13,16H2,1-2H3,(H,32,33,34)/t19-/m0/s1. The molecule has 0 unspecified atom stereocenters. The number of anilines is 1. The van der Waals surface area contributed by atoms with Gasteiger partial charge in [-0.3, -0.25) is 14.2 Å². The summed E-state index contributed by atoms with van der Waals surface area (Å²) in [6.45, 7) is -0.257. The van der Waals surface area contributed by atoms with Crippen molar-refractivity contribution in [3.05, 3.63) is 72.3 Å². The summed E-state index contributed by atoms with van der Waals surface area (Å²) in [6.07, 6.45) is -5.44. The highest BCUT2D eigenvalue weighted by Gasteiger charge is 2.37. The highest BCUT2D eigenvalue weighted by molar-refractivity contribution is 7.92. The molecule has 14 heteroatoms. The summed E-state index contributed by atoms with van der Waals surface area (Å²) in [5.41, 5.74) is 0.0646. The molecule has 42 heavy (non-hydrogen) atoms. The minimum absolute atomic E-state index is 0.0467. The molecule has 4 aromatic rings. The Morgan fingerprint density at radius 3 is 2.62 bits per heavy atom. The van der Waals surface area contributed by atoms with E-state index < -0.39 is 38.7 Å². The molecule has 1 aromatic heterocycles. The van der Waals surface area contributed by atoms with Crippen molar-refractivity contribution in [2.75, 3.05) is 25.1 Å². The minimum atomic E-state index is -4.74. The second-order valence-corrected chi connectivity index (χ2v) is 11.2. The number of H-pyrrole nitrogens is 1. The molecule has 1 aliphatic heterocycles. The topological polar surface area (TPSA) is 124 Å². The van der Waals surface area contributed by atoms with Crippen molar-refractivity contribution in [2.45, 2.75) is 30.0 Å². The lowest BCUT2D eigenvalue weighted by Gasteiger charge is -2.35. The summed E-state index contributed by atoms with van der Waals surface area (Å²) < 4.78 is 85.0. The third-order valence-corrected chi connectivity index (χ3v) is 8.42. The maximum absolute atomic E-state index is 13.8. The van der Waals surface area contributed by atoms with Gasteiger partial charge in [0.2, 0.25) is 0 Å². The Kier molecular flexibility index (Phi) is 7.82. The molecule has 0 saturated carbocycles. The molecule has 10 nitrogen and oxygen atoms in total. The number of methoxy groups -OCH3 is 2. The fourth-order valence-electron chi connectivity index (χ4n) is 4.52. The Hall–Kier alpha value is -4.59. The molecule has 0 saturated heterocycles. The first-order chi connectivity index (χ1) is 20.0. The SMILES string of the molecule is COC(=O)CC[C@H]1CN(S(=O)(=O)c2cccc(C(F)(F)F)c2)c2cc(-c3n[nH]c(-c4ccccc4OC)n3)ccc2O1. The molecule has 5 rings (SSSR count). The number of hydrogen-bond donors (Lipinski definition) is 1. The Labute approximate surface area is 239 Å². The lowest BCUT2D eigenvalue weighted by molar-refractivity contribution is -0.141. The van der Waals surface area contributed by atoms with Crippen molar-refractivity contribution in [1.82, 2.24) is 15.2 Å². The van der Waals surface area contributed by atoms with Crippen LogP contribution in [0, 0.1) is 0 Å². The molecule has 2 heterocycles. The lowest BCUT2D eigenvalue weighted by Crippen LogP contribution is -2.43. The van der Waals surface area contributed by atoms with Gasteiger partial charge in [-0.15, -0.1) is 0 Å². The Morgan fingerprint density at radius 1 is 1.10 bits per heavy atom.